The zero-order valence-electron chi connectivity index (χ0n) is 10.1. The van der Waals surface area contributed by atoms with Gasteiger partial charge in [0.05, 0.1) is 17.8 Å². The molecule has 6 heteroatoms. The zero-order valence-corrected chi connectivity index (χ0v) is 10.9. The summed E-state index contributed by atoms with van der Waals surface area (Å²) in [6.45, 7) is 1.78. The molecule has 5 nitrogen and oxygen atoms in total. The van der Waals surface area contributed by atoms with Crippen LogP contribution in [0.1, 0.15) is 25.3 Å². The molecule has 18 heavy (non-hydrogen) atoms. The Balaban J connectivity index is 2.72. The van der Waals surface area contributed by atoms with E-state index >= 15 is 0 Å². The molecule has 0 aliphatic heterocycles. The van der Waals surface area contributed by atoms with Crippen LogP contribution in [0.5, 0.6) is 0 Å². The van der Waals surface area contributed by atoms with Crippen LogP contribution in [-0.4, -0.2) is 20.4 Å². The van der Waals surface area contributed by atoms with Gasteiger partial charge in [-0.2, -0.15) is 0 Å². The first-order valence-corrected chi connectivity index (χ1v) is 7.34. The van der Waals surface area contributed by atoms with Crippen molar-refractivity contribution in [3.8, 4) is 0 Å². The Kier molecular flexibility index (Phi) is 5.30. The minimum atomic E-state index is -3.67. The van der Waals surface area contributed by atoms with Gasteiger partial charge in [0.1, 0.15) is 0 Å². The molecular formula is C12H16NO4S-. The van der Waals surface area contributed by atoms with Gasteiger partial charge in [-0.05, 0) is 12.0 Å². The van der Waals surface area contributed by atoms with Gasteiger partial charge in [-0.1, -0.05) is 43.7 Å². The van der Waals surface area contributed by atoms with Crippen molar-refractivity contribution in [1.29, 1.82) is 0 Å². The van der Waals surface area contributed by atoms with Crippen LogP contribution in [0, 0.1) is 0 Å². The van der Waals surface area contributed by atoms with Crippen LogP contribution in [0.15, 0.2) is 30.3 Å². The van der Waals surface area contributed by atoms with E-state index in [0.29, 0.717) is 12.0 Å². The fourth-order valence-electron chi connectivity index (χ4n) is 1.57. The molecule has 0 aliphatic rings. The number of carbonyl (C=O) groups is 1. The van der Waals surface area contributed by atoms with Crippen molar-refractivity contribution < 1.29 is 18.3 Å². The average Bonchev–Trinajstić information content (AvgIpc) is 2.28. The van der Waals surface area contributed by atoms with Crippen LogP contribution < -0.4 is 9.83 Å². The summed E-state index contributed by atoms with van der Waals surface area (Å²) < 4.78 is 25.7. The number of carbonyl (C=O) groups excluding carboxylic acids is 1. The molecule has 1 N–H and O–H groups in total. The summed E-state index contributed by atoms with van der Waals surface area (Å²) in [5.41, 5.74) is 0.610. The van der Waals surface area contributed by atoms with Crippen molar-refractivity contribution in [3.63, 3.8) is 0 Å². The summed E-state index contributed by atoms with van der Waals surface area (Å²) in [4.78, 5) is 10.8. The van der Waals surface area contributed by atoms with E-state index in [1.54, 1.807) is 37.3 Å². The van der Waals surface area contributed by atoms with E-state index in [4.69, 9.17) is 0 Å². The average molecular weight is 270 g/mol. The Labute approximate surface area is 107 Å². The van der Waals surface area contributed by atoms with Crippen LogP contribution in [0.25, 0.3) is 0 Å². The maximum absolute atomic E-state index is 11.8. The highest BCUT2D eigenvalue weighted by molar-refractivity contribution is 7.88. The topological polar surface area (TPSA) is 86.3 Å². The molecule has 1 aromatic rings. The summed E-state index contributed by atoms with van der Waals surface area (Å²) in [7, 11) is -3.67. The predicted molar refractivity (Wildman–Crippen MR) is 65.9 cm³/mol. The van der Waals surface area contributed by atoms with E-state index in [1.807, 2.05) is 0 Å². The maximum Gasteiger partial charge on any atom is 0.216 e. The van der Waals surface area contributed by atoms with Crippen molar-refractivity contribution in [2.24, 2.45) is 0 Å². The number of sulfonamides is 1. The second-order valence-electron chi connectivity index (χ2n) is 4.02. The van der Waals surface area contributed by atoms with Crippen molar-refractivity contribution in [2.75, 3.05) is 0 Å². The van der Waals surface area contributed by atoms with E-state index in [2.05, 4.69) is 4.72 Å². The van der Waals surface area contributed by atoms with Gasteiger partial charge in [0, 0.05) is 0 Å². The largest absolute Gasteiger partial charge is 0.548 e. The number of hydrogen-bond donors (Lipinski definition) is 1. The highest BCUT2D eigenvalue weighted by Crippen LogP contribution is 2.06. The molecule has 1 unspecified atom stereocenters. The number of rotatable bonds is 7. The van der Waals surface area contributed by atoms with E-state index in [-0.39, 0.29) is 12.2 Å². The molecule has 1 rings (SSSR count). The third-order valence-electron chi connectivity index (χ3n) is 2.38. The van der Waals surface area contributed by atoms with Gasteiger partial charge in [-0.25, -0.2) is 13.1 Å². The molecule has 0 heterocycles. The molecule has 0 radical (unpaired) electrons. The molecule has 0 saturated heterocycles. The number of carboxylic acid groups (broad SMARTS) is 1. The van der Waals surface area contributed by atoms with Gasteiger partial charge in [0.2, 0.25) is 10.0 Å². The normalized spacial score (nSPS) is 13.2. The lowest BCUT2D eigenvalue weighted by molar-refractivity contribution is -0.308. The lowest BCUT2D eigenvalue weighted by Crippen LogP contribution is -2.48. The quantitative estimate of drug-likeness (QED) is 0.757. The highest BCUT2D eigenvalue weighted by atomic mass is 32.2. The van der Waals surface area contributed by atoms with Gasteiger partial charge >= 0.3 is 0 Å². The monoisotopic (exact) mass is 270 g/mol. The number of hydrogen-bond acceptors (Lipinski definition) is 4. The number of nitrogens with one attached hydrogen (secondary N) is 1. The van der Waals surface area contributed by atoms with Crippen LogP contribution in [0.3, 0.4) is 0 Å². The van der Waals surface area contributed by atoms with Crippen molar-refractivity contribution in [1.82, 2.24) is 4.72 Å². The molecule has 0 amide bonds. The molecule has 0 aliphatic carbocycles. The molecule has 0 fully saturated rings. The minimum absolute atomic E-state index is 0.219. The predicted octanol–water partition coefficient (Wildman–Crippen LogP) is 0.0246. The van der Waals surface area contributed by atoms with Crippen molar-refractivity contribution in [3.05, 3.63) is 35.9 Å². The zero-order chi connectivity index (χ0) is 13.6. The van der Waals surface area contributed by atoms with Gasteiger partial charge in [0.25, 0.3) is 0 Å². The lowest BCUT2D eigenvalue weighted by Gasteiger charge is -2.18. The lowest BCUT2D eigenvalue weighted by atomic mass is 10.2. The first-order chi connectivity index (χ1) is 8.44. The Hall–Kier alpha value is -1.40. The second-order valence-corrected chi connectivity index (χ2v) is 5.78. The third kappa shape index (κ3) is 4.85. The number of benzene rings is 1. The van der Waals surface area contributed by atoms with E-state index in [0.717, 1.165) is 0 Å². The molecule has 0 aromatic heterocycles. The first kappa shape index (κ1) is 14.7. The molecule has 0 saturated carbocycles. The molecule has 1 aromatic carbocycles. The first-order valence-electron chi connectivity index (χ1n) is 5.69. The van der Waals surface area contributed by atoms with Crippen molar-refractivity contribution in [2.45, 2.75) is 31.6 Å². The Morgan fingerprint density at radius 2 is 1.94 bits per heavy atom. The Morgan fingerprint density at radius 1 is 1.33 bits per heavy atom. The second kappa shape index (κ2) is 6.51. The Bertz CT molecular complexity index is 484. The van der Waals surface area contributed by atoms with Crippen molar-refractivity contribution >= 4 is 16.0 Å². The molecular weight excluding hydrogens is 254 g/mol. The number of aliphatic carboxylic acids is 1. The highest BCUT2D eigenvalue weighted by Gasteiger charge is 2.18. The summed E-state index contributed by atoms with van der Waals surface area (Å²) in [5.74, 6) is -1.63. The minimum Gasteiger partial charge on any atom is -0.548 e. The third-order valence-corrected chi connectivity index (χ3v) is 3.74. The molecule has 1 atom stereocenters. The van der Waals surface area contributed by atoms with Crippen LogP contribution in [0.2, 0.25) is 0 Å². The van der Waals surface area contributed by atoms with E-state index in [1.165, 1.54) is 0 Å². The van der Waals surface area contributed by atoms with Crippen LogP contribution in [0.4, 0.5) is 0 Å². The summed E-state index contributed by atoms with van der Waals surface area (Å²) in [6.07, 6.45) is 0.781. The molecule has 0 spiro atoms. The number of carboxylic acids is 1. The summed E-state index contributed by atoms with van der Waals surface area (Å²) in [6, 6.07) is 7.43. The fraction of sp³-hybridized carbons (Fsp3) is 0.417. The van der Waals surface area contributed by atoms with Crippen LogP contribution >= 0.6 is 0 Å². The van der Waals surface area contributed by atoms with Gasteiger partial charge in [-0.3, -0.25) is 0 Å². The Morgan fingerprint density at radius 3 is 2.44 bits per heavy atom. The van der Waals surface area contributed by atoms with E-state index in [9.17, 15) is 18.3 Å². The van der Waals surface area contributed by atoms with Gasteiger partial charge in [0.15, 0.2) is 0 Å². The molecule has 0 bridgehead atoms. The molecule has 100 valence electrons. The van der Waals surface area contributed by atoms with E-state index < -0.39 is 22.0 Å². The van der Waals surface area contributed by atoms with Crippen LogP contribution in [-0.2, 0) is 20.6 Å². The summed E-state index contributed by atoms with van der Waals surface area (Å²) >= 11 is 0. The fourth-order valence-corrected chi connectivity index (χ4v) is 2.93. The van der Waals surface area contributed by atoms with Gasteiger partial charge < -0.3 is 9.90 Å². The van der Waals surface area contributed by atoms with Gasteiger partial charge in [-0.15, -0.1) is 0 Å². The SMILES string of the molecule is CCCC(NS(=O)(=O)Cc1ccccc1)C(=O)[O-]. The maximum atomic E-state index is 11.8. The standard InChI is InChI=1S/C12H17NO4S/c1-2-6-11(12(14)15)13-18(16,17)9-10-7-4-3-5-8-10/h3-5,7-8,11,13H,2,6,9H2,1H3,(H,14,15)/p-1. The smallest absolute Gasteiger partial charge is 0.216 e. The summed E-state index contributed by atoms with van der Waals surface area (Å²) in [5, 5.41) is 10.8.